The Morgan fingerprint density at radius 2 is 1.97 bits per heavy atom. The first-order valence-electron chi connectivity index (χ1n) is 11.0. The summed E-state index contributed by atoms with van der Waals surface area (Å²) in [5.41, 5.74) is 1.95. The number of ether oxygens (including phenoxy) is 1. The fourth-order valence-electron chi connectivity index (χ4n) is 3.72. The molecule has 180 valence electrons. The Morgan fingerprint density at radius 1 is 1.21 bits per heavy atom. The van der Waals surface area contributed by atoms with Gasteiger partial charge in [0, 0.05) is 30.4 Å². The van der Waals surface area contributed by atoms with Crippen LogP contribution in [-0.2, 0) is 26.9 Å². The van der Waals surface area contributed by atoms with E-state index < -0.39 is 9.84 Å². The Hall–Kier alpha value is -2.88. The monoisotopic (exact) mass is 502 g/mol. The quantitative estimate of drug-likeness (QED) is 0.439. The van der Waals surface area contributed by atoms with Gasteiger partial charge in [-0.1, -0.05) is 48.0 Å². The van der Waals surface area contributed by atoms with E-state index in [0.29, 0.717) is 35.1 Å². The van der Waals surface area contributed by atoms with Crippen molar-refractivity contribution in [3.63, 3.8) is 0 Å². The molecule has 0 atom stereocenters. The molecule has 0 unspecified atom stereocenters. The highest BCUT2D eigenvalue weighted by Crippen LogP contribution is 2.39. The number of carbonyl (C=O) groups excluding carboxylic acids is 1. The predicted octanol–water partition coefficient (Wildman–Crippen LogP) is 4.53. The van der Waals surface area contributed by atoms with Crippen molar-refractivity contribution in [1.82, 2.24) is 14.5 Å². The Labute approximate surface area is 204 Å². The smallest absolute Gasteiger partial charge is 0.322 e. The molecule has 0 radical (unpaired) electrons. The van der Waals surface area contributed by atoms with Crippen LogP contribution in [0.1, 0.15) is 30.1 Å². The maximum Gasteiger partial charge on any atom is 0.322 e. The largest absolute Gasteiger partial charge is 0.383 e. The van der Waals surface area contributed by atoms with Gasteiger partial charge in [-0.15, -0.1) is 0 Å². The molecule has 0 aliphatic heterocycles. The lowest BCUT2D eigenvalue weighted by Crippen LogP contribution is -2.37. The summed E-state index contributed by atoms with van der Waals surface area (Å²) < 4.78 is 33.4. The van der Waals surface area contributed by atoms with Gasteiger partial charge in [-0.25, -0.2) is 18.2 Å². The van der Waals surface area contributed by atoms with Gasteiger partial charge in [-0.3, -0.25) is 0 Å². The number of benzene rings is 2. The van der Waals surface area contributed by atoms with E-state index >= 15 is 0 Å². The van der Waals surface area contributed by atoms with Crippen molar-refractivity contribution >= 4 is 33.2 Å². The molecule has 3 aromatic rings. The van der Waals surface area contributed by atoms with E-state index in [-0.39, 0.29) is 29.5 Å². The first-order chi connectivity index (χ1) is 16.4. The van der Waals surface area contributed by atoms with Crippen molar-refractivity contribution in [2.45, 2.75) is 36.3 Å². The lowest BCUT2D eigenvalue weighted by Gasteiger charge is -2.24. The molecule has 0 spiro atoms. The normalized spacial score (nSPS) is 13.6. The van der Waals surface area contributed by atoms with Gasteiger partial charge in [-0.05, 0) is 36.6 Å². The lowest BCUT2D eigenvalue weighted by molar-refractivity contribution is 0.151. The predicted molar refractivity (Wildman–Crippen MR) is 131 cm³/mol. The zero-order valence-corrected chi connectivity index (χ0v) is 20.4. The number of urea groups is 1. The number of sulfone groups is 1. The summed E-state index contributed by atoms with van der Waals surface area (Å²) >= 11 is 6.03. The molecular weight excluding hydrogens is 476 g/mol. The molecule has 10 heteroatoms. The van der Waals surface area contributed by atoms with Crippen molar-refractivity contribution < 1.29 is 17.9 Å². The van der Waals surface area contributed by atoms with Crippen LogP contribution in [-0.4, -0.2) is 49.2 Å². The highest BCUT2D eigenvalue weighted by atomic mass is 35.5. The molecule has 0 saturated heterocycles. The molecule has 1 aromatic heterocycles. The Bertz CT molecular complexity index is 1240. The highest BCUT2D eigenvalue weighted by molar-refractivity contribution is 7.90. The maximum absolute atomic E-state index is 13.2. The number of rotatable bonds is 10. The average molecular weight is 503 g/mol. The van der Waals surface area contributed by atoms with Gasteiger partial charge in [0.2, 0.25) is 15.0 Å². The van der Waals surface area contributed by atoms with Crippen LogP contribution in [0.5, 0.6) is 0 Å². The van der Waals surface area contributed by atoms with Gasteiger partial charge < -0.3 is 19.5 Å². The summed E-state index contributed by atoms with van der Waals surface area (Å²) in [5, 5.41) is 3.41. The summed E-state index contributed by atoms with van der Waals surface area (Å²) in [6, 6.07) is 15.7. The fourth-order valence-corrected chi connectivity index (χ4v) is 5.45. The van der Waals surface area contributed by atoms with Crippen LogP contribution < -0.4 is 5.32 Å². The number of carbonyl (C=O) groups is 1. The molecule has 2 aromatic carbocycles. The molecule has 1 N–H and O–H groups in total. The van der Waals surface area contributed by atoms with Gasteiger partial charge in [0.1, 0.15) is 0 Å². The first kappa shape index (κ1) is 24.3. The summed E-state index contributed by atoms with van der Waals surface area (Å²) in [4.78, 5) is 18.9. The minimum Gasteiger partial charge on any atom is -0.383 e. The van der Waals surface area contributed by atoms with Crippen LogP contribution >= 0.6 is 11.6 Å². The van der Waals surface area contributed by atoms with Crippen molar-refractivity contribution in [3.8, 4) is 0 Å². The van der Waals surface area contributed by atoms with Crippen LogP contribution in [0, 0.1) is 0 Å². The van der Waals surface area contributed by atoms with E-state index in [4.69, 9.17) is 16.3 Å². The third-order valence-electron chi connectivity index (χ3n) is 5.51. The number of aromatic nitrogens is 2. The summed E-state index contributed by atoms with van der Waals surface area (Å²) in [7, 11) is -2.10. The van der Waals surface area contributed by atoms with Crippen LogP contribution in [0.3, 0.4) is 0 Å². The molecule has 1 saturated carbocycles. The van der Waals surface area contributed by atoms with Gasteiger partial charge in [-0.2, -0.15) is 0 Å². The molecule has 34 heavy (non-hydrogen) atoms. The van der Waals surface area contributed by atoms with E-state index in [1.165, 1.54) is 0 Å². The van der Waals surface area contributed by atoms with Crippen molar-refractivity contribution in [1.29, 1.82) is 0 Å². The zero-order chi connectivity index (χ0) is 24.1. The standard InChI is InChI=1S/C24H27ClN4O4S/c1-33-13-12-28(23(30)27-20-9-5-8-19(25)14-20)16-22-15-26-24(29(22)21-10-11-21)34(31,32)17-18-6-3-2-4-7-18/h2-9,14-15,21H,10-13,16-17H2,1H3,(H,27,30). The number of amides is 2. The maximum atomic E-state index is 13.2. The lowest BCUT2D eigenvalue weighted by atomic mass is 10.2. The molecule has 1 heterocycles. The van der Waals surface area contributed by atoms with Crippen molar-refractivity contribution in [2.24, 2.45) is 0 Å². The second-order valence-corrected chi connectivity index (χ2v) is 10.6. The number of methoxy groups -OCH3 is 1. The Kier molecular flexibility index (Phi) is 7.55. The summed E-state index contributed by atoms with van der Waals surface area (Å²) in [5.74, 6) is -0.125. The van der Waals surface area contributed by atoms with Gasteiger partial charge in [0.15, 0.2) is 0 Å². The highest BCUT2D eigenvalue weighted by Gasteiger charge is 2.34. The zero-order valence-electron chi connectivity index (χ0n) is 18.9. The molecule has 1 aliphatic rings. The van der Waals surface area contributed by atoms with E-state index in [0.717, 1.165) is 12.8 Å². The Balaban J connectivity index is 1.58. The number of hydrogen-bond donors (Lipinski definition) is 1. The van der Waals surface area contributed by atoms with Gasteiger partial charge in [0.05, 0.1) is 30.8 Å². The molecular formula is C24H27ClN4O4S. The van der Waals surface area contributed by atoms with E-state index in [1.807, 2.05) is 18.2 Å². The number of imidazole rings is 1. The fraction of sp³-hybridized carbons (Fsp3) is 0.333. The topological polar surface area (TPSA) is 93.5 Å². The van der Waals surface area contributed by atoms with E-state index in [9.17, 15) is 13.2 Å². The van der Waals surface area contributed by atoms with Crippen molar-refractivity contribution in [2.75, 3.05) is 25.6 Å². The van der Waals surface area contributed by atoms with E-state index in [1.54, 1.807) is 59.2 Å². The minimum absolute atomic E-state index is 0.0517. The third kappa shape index (κ3) is 5.97. The van der Waals surface area contributed by atoms with Crippen LogP contribution in [0.15, 0.2) is 66.0 Å². The summed E-state index contributed by atoms with van der Waals surface area (Å²) in [6.45, 7) is 0.852. The van der Waals surface area contributed by atoms with Gasteiger partial charge >= 0.3 is 6.03 Å². The molecule has 0 bridgehead atoms. The van der Waals surface area contributed by atoms with Crippen molar-refractivity contribution in [3.05, 3.63) is 77.1 Å². The first-order valence-corrected chi connectivity index (χ1v) is 13.0. The molecule has 2 amide bonds. The number of nitrogens with zero attached hydrogens (tertiary/aromatic N) is 3. The number of anilines is 1. The number of hydrogen-bond acceptors (Lipinski definition) is 5. The molecule has 1 fully saturated rings. The van der Waals surface area contributed by atoms with Crippen LogP contribution in [0.4, 0.5) is 10.5 Å². The SMILES string of the molecule is COCCN(Cc1cnc(S(=O)(=O)Cc2ccccc2)n1C1CC1)C(=O)Nc1cccc(Cl)c1. The second kappa shape index (κ2) is 10.6. The van der Waals surface area contributed by atoms with Crippen LogP contribution in [0.25, 0.3) is 0 Å². The van der Waals surface area contributed by atoms with Crippen LogP contribution in [0.2, 0.25) is 5.02 Å². The molecule has 8 nitrogen and oxygen atoms in total. The molecule has 1 aliphatic carbocycles. The summed E-state index contributed by atoms with van der Waals surface area (Å²) in [6.07, 6.45) is 3.32. The molecule has 4 rings (SSSR count). The average Bonchev–Trinajstić information content (AvgIpc) is 3.55. The minimum atomic E-state index is -3.66. The number of halogens is 1. The Morgan fingerprint density at radius 3 is 2.65 bits per heavy atom. The van der Waals surface area contributed by atoms with Gasteiger partial charge in [0.25, 0.3) is 0 Å². The van der Waals surface area contributed by atoms with E-state index in [2.05, 4.69) is 10.3 Å². The second-order valence-electron chi connectivity index (χ2n) is 8.23. The number of nitrogens with one attached hydrogen (secondary N) is 1. The third-order valence-corrected chi connectivity index (χ3v) is 7.32.